The normalized spacial score (nSPS) is 11.9. The van der Waals surface area contributed by atoms with Crippen LogP contribution >= 0.6 is 0 Å². The smallest absolute Gasteiger partial charge is 0.411 e. The van der Waals surface area contributed by atoms with Crippen LogP contribution in [0.25, 0.3) is 11.1 Å². The van der Waals surface area contributed by atoms with E-state index in [4.69, 9.17) is 14.2 Å². The van der Waals surface area contributed by atoms with E-state index in [-0.39, 0.29) is 29.5 Å². The molecule has 0 unspecified atom stereocenters. The van der Waals surface area contributed by atoms with E-state index in [1.54, 1.807) is 6.92 Å². The van der Waals surface area contributed by atoms with Gasteiger partial charge in [0.15, 0.2) is 11.5 Å². The molecule has 0 saturated carbocycles. The maximum absolute atomic E-state index is 12.6. The van der Waals surface area contributed by atoms with Gasteiger partial charge >= 0.3 is 12.1 Å². The molecule has 0 aromatic heterocycles. The van der Waals surface area contributed by atoms with Gasteiger partial charge in [0.2, 0.25) is 0 Å². The van der Waals surface area contributed by atoms with Gasteiger partial charge in [0, 0.05) is 18.1 Å². The second kappa shape index (κ2) is 9.01. The van der Waals surface area contributed by atoms with Crippen molar-refractivity contribution in [2.24, 2.45) is 0 Å². The molecule has 164 valence electrons. The summed E-state index contributed by atoms with van der Waals surface area (Å²) in [7, 11) is 1.44. The fourth-order valence-corrected chi connectivity index (χ4v) is 4.01. The van der Waals surface area contributed by atoms with E-state index in [9.17, 15) is 14.7 Å². The van der Waals surface area contributed by atoms with Crippen molar-refractivity contribution in [1.82, 2.24) is 0 Å². The highest BCUT2D eigenvalue weighted by atomic mass is 16.5. The molecule has 3 aromatic rings. The third-order valence-electron chi connectivity index (χ3n) is 5.41. The number of nitrogens with one attached hydrogen (secondary N) is 1. The minimum absolute atomic E-state index is 0.0648. The van der Waals surface area contributed by atoms with Crippen molar-refractivity contribution in [1.29, 1.82) is 0 Å². The highest BCUT2D eigenvalue weighted by Gasteiger charge is 2.29. The van der Waals surface area contributed by atoms with Crippen molar-refractivity contribution in [3.63, 3.8) is 0 Å². The fraction of sp³-hybridized carbons (Fsp3) is 0.200. The number of aromatic carboxylic acids is 1. The predicted octanol–water partition coefficient (Wildman–Crippen LogP) is 5.15. The van der Waals surface area contributed by atoms with Crippen molar-refractivity contribution < 1.29 is 28.9 Å². The first kappa shape index (κ1) is 21.2. The SMILES string of the molecule is CCOc1cc(C(=O)O)c(NC(=O)OCC2c3ccccc3-c3ccccc32)cc1OC. The first-order valence-electron chi connectivity index (χ1n) is 10.2. The van der Waals surface area contributed by atoms with Gasteiger partial charge in [0.05, 0.1) is 25.0 Å². The molecule has 1 amide bonds. The molecule has 0 spiro atoms. The zero-order valence-electron chi connectivity index (χ0n) is 17.8. The zero-order chi connectivity index (χ0) is 22.7. The van der Waals surface area contributed by atoms with Crippen molar-refractivity contribution in [2.75, 3.05) is 25.6 Å². The van der Waals surface area contributed by atoms with E-state index in [1.807, 2.05) is 36.4 Å². The summed E-state index contributed by atoms with van der Waals surface area (Å²) < 4.78 is 16.2. The van der Waals surface area contributed by atoms with Gasteiger partial charge in [-0.05, 0) is 29.2 Å². The Morgan fingerprint density at radius 1 is 0.969 bits per heavy atom. The van der Waals surface area contributed by atoms with Crippen molar-refractivity contribution >= 4 is 17.7 Å². The number of methoxy groups -OCH3 is 1. The second-order valence-corrected chi connectivity index (χ2v) is 7.24. The van der Waals surface area contributed by atoms with E-state index >= 15 is 0 Å². The van der Waals surface area contributed by atoms with E-state index < -0.39 is 12.1 Å². The molecule has 0 bridgehead atoms. The third-order valence-corrected chi connectivity index (χ3v) is 5.41. The number of benzene rings is 3. The molecule has 32 heavy (non-hydrogen) atoms. The monoisotopic (exact) mass is 433 g/mol. The molecule has 7 nitrogen and oxygen atoms in total. The molecule has 3 aromatic carbocycles. The summed E-state index contributed by atoms with van der Waals surface area (Å²) in [6, 6.07) is 18.8. The van der Waals surface area contributed by atoms with Gasteiger partial charge in [0.25, 0.3) is 0 Å². The van der Waals surface area contributed by atoms with Crippen LogP contribution in [0.4, 0.5) is 10.5 Å². The Balaban J connectivity index is 1.53. The summed E-state index contributed by atoms with van der Waals surface area (Å²) in [5.74, 6) is -0.708. The molecule has 1 aliphatic carbocycles. The Hall–Kier alpha value is -4.00. The highest BCUT2D eigenvalue weighted by Crippen LogP contribution is 2.44. The predicted molar refractivity (Wildman–Crippen MR) is 120 cm³/mol. The van der Waals surface area contributed by atoms with Gasteiger partial charge in [-0.2, -0.15) is 0 Å². The quantitative estimate of drug-likeness (QED) is 0.535. The van der Waals surface area contributed by atoms with Crippen LogP contribution in [0.3, 0.4) is 0 Å². The van der Waals surface area contributed by atoms with Crippen LogP contribution in [0, 0.1) is 0 Å². The Morgan fingerprint density at radius 2 is 1.59 bits per heavy atom. The molecular formula is C25H23NO6. The highest BCUT2D eigenvalue weighted by molar-refractivity contribution is 5.99. The Bertz CT molecular complexity index is 1130. The number of carbonyl (C=O) groups excluding carboxylic acids is 1. The number of hydrogen-bond acceptors (Lipinski definition) is 5. The summed E-state index contributed by atoms with van der Waals surface area (Å²) >= 11 is 0. The lowest BCUT2D eigenvalue weighted by molar-refractivity contribution is 0.0697. The minimum Gasteiger partial charge on any atom is -0.493 e. The molecular weight excluding hydrogens is 410 g/mol. The molecule has 0 atom stereocenters. The summed E-state index contributed by atoms with van der Waals surface area (Å²) in [6.45, 7) is 2.24. The van der Waals surface area contributed by atoms with Crippen molar-refractivity contribution in [3.8, 4) is 22.6 Å². The number of amides is 1. The summed E-state index contributed by atoms with van der Waals surface area (Å²) in [4.78, 5) is 24.3. The maximum Gasteiger partial charge on any atom is 0.411 e. The topological polar surface area (TPSA) is 94.1 Å². The van der Waals surface area contributed by atoms with Gasteiger partial charge in [-0.1, -0.05) is 48.5 Å². The number of fused-ring (bicyclic) bond motifs is 3. The van der Waals surface area contributed by atoms with Crippen molar-refractivity contribution in [2.45, 2.75) is 12.8 Å². The van der Waals surface area contributed by atoms with Crippen LogP contribution < -0.4 is 14.8 Å². The summed E-state index contributed by atoms with van der Waals surface area (Å²) in [5.41, 5.74) is 4.38. The Labute approximate surface area is 185 Å². The van der Waals surface area contributed by atoms with Crippen LogP contribution in [0.15, 0.2) is 60.7 Å². The van der Waals surface area contributed by atoms with Gasteiger partial charge in [-0.3, -0.25) is 5.32 Å². The van der Waals surface area contributed by atoms with Crippen LogP contribution in [-0.2, 0) is 4.74 Å². The molecule has 1 aliphatic rings. The first-order chi connectivity index (χ1) is 15.5. The van der Waals surface area contributed by atoms with E-state index in [0.29, 0.717) is 12.4 Å². The average molecular weight is 433 g/mol. The second-order valence-electron chi connectivity index (χ2n) is 7.24. The molecule has 7 heteroatoms. The number of ether oxygens (including phenoxy) is 3. The van der Waals surface area contributed by atoms with Crippen LogP contribution in [0.1, 0.15) is 34.3 Å². The van der Waals surface area contributed by atoms with E-state index in [2.05, 4.69) is 17.4 Å². The van der Waals surface area contributed by atoms with Crippen LogP contribution in [0.5, 0.6) is 11.5 Å². The molecule has 0 fully saturated rings. The average Bonchev–Trinajstić information content (AvgIpc) is 3.12. The van der Waals surface area contributed by atoms with Gasteiger partial charge in [-0.25, -0.2) is 9.59 Å². The first-order valence-corrected chi connectivity index (χ1v) is 10.2. The van der Waals surface area contributed by atoms with Crippen LogP contribution in [0.2, 0.25) is 0 Å². The molecule has 0 radical (unpaired) electrons. The fourth-order valence-electron chi connectivity index (χ4n) is 4.01. The molecule has 0 saturated heterocycles. The number of anilines is 1. The standard InChI is InChI=1S/C25H23NO6/c1-3-31-23-12-19(24(27)28)21(13-22(23)30-2)26-25(29)32-14-20-17-10-6-4-8-15(17)16-9-5-7-11-18(16)20/h4-13,20H,3,14H2,1-2H3,(H,26,29)(H,27,28). The Morgan fingerprint density at radius 3 is 2.16 bits per heavy atom. The Kier molecular flexibility index (Phi) is 5.98. The molecule has 0 heterocycles. The summed E-state index contributed by atoms with van der Waals surface area (Å²) in [6.07, 6.45) is -0.749. The molecule has 0 aliphatic heterocycles. The number of carbonyl (C=O) groups is 2. The maximum atomic E-state index is 12.6. The number of carboxylic acid groups (broad SMARTS) is 1. The lowest BCUT2D eigenvalue weighted by Gasteiger charge is -2.16. The van der Waals surface area contributed by atoms with E-state index in [1.165, 1.54) is 19.2 Å². The van der Waals surface area contributed by atoms with Gasteiger partial charge in [0.1, 0.15) is 6.61 Å². The van der Waals surface area contributed by atoms with Gasteiger partial charge in [-0.15, -0.1) is 0 Å². The molecule has 4 rings (SSSR count). The number of hydrogen-bond donors (Lipinski definition) is 2. The largest absolute Gasteiger partial charge is 0.493 e. The van der Waals surface area contributed by atoms with Crippen LogP contribution in [-0.4, -0.2) is 37.5 Å². The lowest BCUT2D eigenvalue weighted by atomic mass is 9.98. The number of carboxylic acids is 1. The number of rotatable bonds is 7. The van der Waals surface area contributed by atoms with Gasteiger partial charge < -0.3 is 19.3 Å². The third kappa shape index (κ3) is 3.97. The van der Waals surface area contributed by atoms with Crippen molar-refractivity contribution in [3.05, 3.63) is 77.4 Å². The molecule has 2 N–H and O–H groups in total. The summed E-state index contributed by atoms with van der Waals surface area (Å²) in [5, 5.41) is 12.1. The lowest BCUT2D eigenvalue weighted by Crippen LogP contribution is -2.19. The van der Waals surface area contributed by atoms with E-state index in [0.717, 1.165) is 22.3 Å². The zero-order valence-corrected chi connectivity index (χ0v) is 17.8. The minimum atomic E-state index is -1.21.